The van der Waals surface area contributed by atoms with Crippen LogP contribution in [0.3, 0.4) is 0 Å². The van der Waals surface area contributed by atoms with E-state index in [0.29, 0.717) is 0 Å². The molecule has 4 heteroatoms. The van der Waals surface area contributed by atoms with Gasteiger partial charge in [-0.15, -0.1) is 0 Å². The molecule has 0 aromatic rings. The third-order valence-corrected chi connectivity index (χ3v) is 5.10. The van der Waals surface area contributed by atoms with Crippen molar-refractivity contribution in [3.63, 3.8) is 0 Å². The minimum atomic E-state index is 0.147. The molecule has 2 fully saturated rings. The molecule has 0 aliphatic carbocycles. The first-order chi connectivity index (χ1) is 7.70. The highest BCUT2D eigenvalue weighted by molar-refractivity contribution is 8.00. The molecule has 0 bridgehead atoms. The van der Waals surface area contributed by atoms with Crippen LogP contribution < -0.4 is 5.32 Å². The molecule has 2 amide bonds. The summed E-state index contributed by atoms with van der Waals surface area (Å²) in [5.41, 5.74) is 0. The Morgan fingerprint density at radius 1 is 1.31 bits per heavy atom. The number of thioether (sulfide) groups is 1. The summed E-state index contributed by atoms with van der Waals surface area (Å²) in [5.74, 6) is 1.25. The lowest BCUT2D eigenvalue weighted by Gasteiger charge is -2.29. The number of nitrogens with one attached hydrogen (secondary N) is 1. The Balaban J connectivity index is 1.74. The second-order valence-electron chi connectivity index (χ2n) is 5.11. The van der Waals surface area contributed by atoms with Gasteiger partial charge in [0.05, 0.1) is 0 Å². The molecule has 0 aromatic heterocycles. The SMILES string of the molecule is CC1(CNC(=O)N2CCCCC2)CCCS1. The summed E-state index contributed by atoms with van der Waals surface area (Å²) < 4.78 is 0.283. The lowest BCUT2D eigenvalue weighted by Crippen LogP contribution is -2.46. The molecule has 2 aliphatic heterocycles. The van der Waals surface area contributed by atoms with Crippen molar-refractivity contribution in [2.75, 3.05) is 25.4 Å². The molecule has 0 saturated carbocycles. The Morgan fingerprint density at radius 3 is 2.69 bits per heavy atom. The minimum Gasteiger partial charge on any atom is -0.337 e. The number of amides is 2. The Bertz CT molecular complexity index is 245. The summed E-state index contributed by atoms with van der Waals surface area (Å²) in [7, 11) is 0. The summed E-state index contributed by atoms with van der Waals surface area (Å²) in [6.45, 7) is 4.97. The minimum absolute atomic E-state index is 0.147. The van der Waals surface area contributed by atoms with E-state index in [4.69, 9.17) is 0 Å². The normalized spacial score (nSPS) is 30.4. The zero-order chi connectivity index (χ0) is 11.4. The second-order valence-corrected chi connectivity index (χ2v) is 6.79. The van der Waals surface area contributed by atoms with E-state index < -0.39 is 0 Å². The van der Waals surface area contributed by atoms with Crippen LogP contribution >= 0.6 is 11.8 Å². The highest BCUT2D eigenvalue weighted by Gasteiger charge is 2.30. The van der Waals surface area contributed by atoms with E-state index in [9.17, 15) is 4.79 Å². The van der Waals surface area contributed by atoms with E-state index in [1.165, 1.54) is 37.9 Å². The second kappa shape index (κ2) is 5.30. The molecule has 0 radical (unpaired) electrons. The van der Waals surface area contributed by atoms with Gasteiger partial charge in [0.25, 0.3) is 0 Å². The zero-order valence-electron chi connectivity index (χ0n) is 10.1. The van der Waals surface area contributed by atoms with Gasteiger partial charge in [0.15, 0.2) is 0 Å². The van der Waals surface area contributed by atoms with Crippen molar-refractivity contribution in [3.05, 3.63) is 0 Å². The first-order valence-electron chi connectivity index (χ1n) is 6.36. The van der Waals surface area contributed by atoms with Gasteiger partial charge >= 0.3 is 6.03 Å². The Morgan fingerprint density at radius 2 is 2.06 bits per heavy atom. The fourth-order valence-electron chi connectivity index (χ4n) is 2.45. The molecule has 2 rings (SSSR count). The van der Waals surface area contributed by atoms with E-state index in [-0.39, 0.29) is 10.8 Å². The van der Waals surface area contributed by atoms with Crippen molar-refractivity contribution in [2.24, 2.45) is 0 Å². The highest BCUT2D eigenvalue weighted by Crippen LogP contribution is 2.36. The van der Waals surface area contributed by atoms with Gasteiger partial charge in [-0.2, -0.15) is 11.8 Å². The number of rotatable bonds is 2. The molecule has 0 aromatic carbocycles. The van der Waals surface area contributed by atoms with E-state index >= 15 is 0 Å². The topological polar surface area (TPSA) is 32.3 Å². The number of hydrogen-bond acceptors (Lipinski definition) is 2. The van der Waals surface area contributed by atoms with Crippen molar-refractivity contribution in [3.8, 4) is 0 Å². The van der Waals surface area contributed by atoms with Crippen LogP contribution in [0, 0.1) is 0 Å². The molecule has 1 atom stereocenters. The summed E-state index contributed by atoms with van der Waals surface area (Å²) in [6, 6.07) is 0.147. The molecule has 1 N–H and O–H groups in total. The van der Waals surface area contributed by atoms with Gasteiger partial charge < -0.3 is 10.2 Å². The largest absolute Gasteiger partial charge is 0.337 e. The Labute approximate surface area is 102 Å². The van der Waals surface area contributed by atoms with E-state index in [1.54, 1.807) is 0 Å². The van der Waals surface area contributed by atoms with Crippen molar-refractivity contribution in [2.45, 2.75) is 43.8 Å². The Hall–Kier alpha value is -0.380. The molecule has 2 saturated heterocycles. The van der Waals surface area contributed by atoms with Crippen LogP contribution in [0.15, 0.2) is 0 Å². The molecular formula is C12H22N2OS. The standard InChI is InChI=1S/C12H22N2OS/c1-12(6-5-9-16-12)10-13-11(15)14-7-3-2-4-8-14/h2-10H2,1H3,(H,13,15). The fourth-order valence-corrected chi connectivity index (χ4v) is 3.69. The quantitative estimate of drug-likeness (QED) is 0.807. The summed E-state index contributed by atoms with van der Waals surface area (Å²) in [4.78, 5) is 13.9. The first-order valence-corrected chi connectivity index (χ1v) is 7.35. The third kappa shape index (κ3) is 3.06. The van der Waals surface area contributed by atoms with Crippen molar-refractivity contribution in [1.82, 2.24) is 10.2 Å². The van der Waals surface area contributed by atoms with Gasteiger partial charge in [0.1, 0.15) is 0 Å². The van der Waals surface area contributed by atoms with Crippen LogP contribution in [0.5, 0.6) is 0 Å². The van der Waals surface area contributed by atoms with E-state index in [0.717, 1.165) is 19.6 Å². The lowest BCUT2D eigenvalue weighted by molar-refractivity contribution is 0.185. The number of carbonyl (C=O) groups is 1. The molecule has 1 unspecified atom stereocenters. The highest BCUT2D eigenvalue weighted by atomic mass is 32.2. The summed E-state index contributed by atoms with van der Waals surface area (Å²) >= 11 is 2.00. The maximum atomic E-state index is 11.9. The van der Waals surface area contributed by atoms with Gasteiger partial charge in [-0.3, -0.25) is 0 Å². The molecule has 16 heavy (non-hydrogen) atoms. The lowest BCUT2D eigenvalue weighted by atomic mass is 10.1. The summed E-state index contributed by atoms with van der Waals surface area (Å²) in [5, 5.41) is 3.10. The van der Waals surface area contributed by atoms with Crippen LogP contribution in [0.25, 0.3) is 0 Å². The van der Waals surface area contributed by atoms with Gasteiger partial charge in [-0.05, 0) is 44.8 Å². The fraction of sp³-hybridized carbons (Fsp3) is 0.917. The zero-order valence-corrected chi connectivity index (χ0v) is 10.9. The van der Waals surface area contributed by atoms with Gasteiger partial charge in [0, 0.05) is 24.4 Å². The van der Waals surface area contributed by atoms with Crippen LogP contribution in [-0.4, -0.2) is 41.1 Å². The number of carbonyl (C=O) groups excluding carboxylic acids is 1. The van der Waals surface area contributed by atoms with Crippen LogP contribution in [0.1, 0.15) is 39.0 Å². The Kier molecular flexibility index (Phi) is 4.00. The molecule has 92 valence electrons. The molecule has 2 aliphatic rings. The maximum Gasteiger partial charge on any atom is 0.317 e. The number of urea groups is 1. The average Bonchev–Trinajstić information content (AvgIpc) is 2.75. The molecule has 2 heterocycles. The van der Waals surface area contributed by atoms with Crippen molar-refractivity contribution in [1.29, 1.82) is 0 Å². The average molecular weight is 242 g/mol. The van der Waals surface area contributed by atoms with E-state index in [1.807, 2.05) is 16.7 Å². The number of nitrogens with zero attached hydrogens (tertiary/aromatic N) is 1. The maximum absolute atomic E-state index is 11.9. The number of hydrogen-bond donors (Lipinski definition) is 1. The predicted octanol–water partition coefficient (Wildman–Crippen LogP) is 2.47. The van der Waals surface area contributed by atoms with Gasteiger partial charge in [0.2, 0.25) is 0 Å². The molecule has 0 spiro atoms. The number of likely N-dealkylation sites (tertiary alicyclic amines) is 1. The third-order valence-electron chi connectivity index (χ3n) is 3.56. The van der Waals surface area contributed by atoms with Gasteiger partial charge in [-0.25, -0.2) is 4.79 Å². The smallest absolute Gasteiger partial charge is 0.317 e. The molecular weight excluding hydrogens is 220 g/mol. The molecule has 3 nitrogen and oxygen atoms in total. The number of piperidine rings is 1. The van der Waals surface area contributed by atoms with Crippen LogP contribution in [0.2, 0.25) is 0 Å². The predicted molar refractivity (Wildman–Crippen MR) is 68.9 cm³/mol. The monoisotopic (exact) mass is 242 g/mol. The van der Waals surface area contributed by atoms with Crippen LogP contribution in [0.4, 0.5) is 4.79 Å². The van der Waals surface area contributed by atoms with Crippen LogP contribution in [-0.2, 0) is 0 Å². The summed E-state index contributed by atoms with van der Waals surface area (Å²) in [6.07, 6.45) is 6.13. The van der Waals surface area contributed by atoms with E-state index in [2.05, 4.69) is 12.2 Å². The van der Waals surface area contributed by atoms with Crippen molar-refractivity contribution < 1.29 is 4.79 Å². The van der Waals surface area contributed by atoms with Crippen molar-refractivity contribution >= 4 is 17.8 Å². The van der Waals surface area contributed by atoms with Gasteiger partial charge in [-0.1, -0.05) is 0 Å². The first kappa shape index (κ1) is 12.1.